The molecule has 0 amide bonds. The van der Waals surface area contributed by atoms with Crippen LogP contribution in [0, 0.1) is 0 Å². The smallest absolute Gasteiger partial charge is 0.208 e. The average molecular weight is 488 g/mol. The molecule has 35 heavy (non-hydrogen) atoms. The molecule has 1 aliphatic carbocycles. The van der Waals surface area contributed by atoms with Gasteiger partial charge in [-0.15, -0.1) is 0 Å². The minimum atomic E-state index is -3.23. The molecule has 3 aromatic rings. The summed E-state index contributed by atoms with van der Waals surface area (Å²) >= 11 is 0. The van der Waals surface area contributed by atoms with Gasteiger partial charge in [-0.3, -0.25) is 4.98 Å². The third-order valence-electron chi connectivity index (χ3n) is 5.76. The lowest BCUT2D eigenvalue weighted by Gasteiger charge is -2.23. The van der Waals surface area contributed by atoms with E-state index in [9.17, 15) is 8.42 Å². The molecule has 2 aliphatic rings. The highest BCUT2D eigenvalue weighted by molar-refractivity contribution is 7.88. The number of benzene rings is 3. The Balaban J connectivity index is 1.62. The zero-order valence-electron chi connectivity index (χ0n) is 19.5. The molecular formula is C26H25N5O3S. The van der Waals surface area contributed by atoms with Gasteiger partial charge < -0.3 is 9.32 Å². The summed E-state index contributed by atoms with van der Waals surface area (Å²) in [4.78, 5) is 15.9. The quantitative estimate of drug-likeness (QED) is 0.274. The molecule has 0 atom stereocenters. The van der Waals surface area contributed by atoms with Gasteiger partial charge >= 0.3 is 0 Å². The third-order valence-corrected chi connectivity index (χ3v) is 6.49. The van der Waals surface area contributed by atoms with Crippen LogP contribution in [0.3, 0.4) is 0 Å². The topological polar surface area (TPSA) is 101 Å². The number of pyridine rings is 1. The van der Waals surface area contributed by atoms with E-state index in [2.05, 4.69) is 14.6 Å². The van der Waals surface area contributed by atoms with Crippen molar-refractivity contribution in [2.75, 3.05) is 30.8 Å². The fourth-order valence-corrected chi connectivity index (χ4v) is 4.57. The second kappa shape index (κ2) is 9.44. The number of nitrogens with one attached hydrogen (secondary N) is 1. The molecule has 0 saturated heterocycles. The molecule has 0 saturated carbocycles. The van der Waals surface area contributed by atoms with E-state index < -0.39 is 10.0 Å². The Morgan fingerprint density at radius 2 is 1.80 bits per heavy atom. The molecule has 9 heteroatoms. The highest BCUT2D eigenvalue weighted by Crippen LogP contribution is 2.32. The van der Waals surface area contributed by atoms with E-state index in [0.717, 1.165) is 51.5 Å². The Hall–Kier alpha value is -3.82. The fourth-order valence-electron chi connectivity index (χ4n) is 4.11. The van der Waals surface area contributed by atoms with Crippen molar-refractivity contribution in [1.29, 1.82) is 0 Å². The lowest BCUT2D eigenvalue weighted by Crippen LogP contribution is -2.34. The van der Waals surface area contributed by atoms with Gasteiger partial charge in [-0.25, -0.2) is 23.1 Å². The van der Waals surface area contributed by atoms with Crippen molar-refractivity contribution < 1.29 is 12.8 Å². The first kappa shape index (κ1) is 22.9. The maximum absolute atomic E-state index is 11.4. The molecule has 0 fully saturated rings. The van der Waals surface area contributed by atoms with Crippen molar-refractivity contribution in [3.8, 4) is 11.5 Å². The van der Waals surface area contributed by atoms with Crippen LogP contribution in [-0.4, -0.2) is 44.3 Å². The van der Waals surface area contributed by atoms with Gasteiger partial charge in [0.05, 0.1) is 17.3 Å². The van der Waals surface area contributed by atoms with Gasteiger partial charge in [0.15, 0.2) is 11.3 Å². The van der Waals surface area contributed by atoms with Crippen molar-refractivity contribution in [2.24, 2.45) is 4.99 Å². The van der Waals surface area contributed by atoms with Gasteiger partial charge in [0.2, 0.25) is 10.0 Å². The number of nitrogens with zero attached hydrogens (tertiary/aromatic N) is 4. The normalized spacial score (nSPS) is 12.6. The van der Waals surface area contributed by atoms with Crippen molar-refractivity contribution in [3.63, 3.8) is 0 Å². The van der Waals surface area contributed by atoms with Crippen LogP contribution in [0.1, 0.15) is 6.92 Å². The molecule has 1 aliphatic heterocycles. The molecule has 0 bridgehead atoms. The first-order valence-corrected chi connectivity index (χ1v) is 13.2. The second-order valence-corrected chi connectivity index (χ2v) is 10.1. The summed E-state index contributed by atoms with van der Waals surface area (Å²) in [6.45, 7) is 3.61. The molecule has 2 aromatic carbocycles. The fraction of sp³-hybridized carbons (Fsp3) is 0.192. The van der Waals surface area contributed by atoms with Crippen LogP contribution in [0.2, 0.25) is 0 Å². The highest BCUT2D eigenvalue weighted by atomic mass is 32.2. The van der Waals surface area contributed by atoms with E-state index in [1.54, 1.807) is 12.4 Å². The van der Waals surface area contributed by atoms with Gasteiger partial charge in [0.25, 0.3) is 0 Å². The van der Waals surface area contributed by atoms with Gasteiger partial charge in [-0.2, -0.15) is 0 Å². The van der Waals surface area contributed by atoms with E-state index in [1.165, 1.54) is 0 Å². The van der Waals surface area contributed by atoms with Gasteiger partial charge in [0, 0.05) is 60.6 Å². The number of sulfonamides is 1. The number of fused-ring (bicyclic) bond motifs is 4. The summed E-state index contributed by atoms with van der Waals surface area (Å²) in [6.07, 6.45) is 4.59. The lowest BCUT2D eigenvalue weighted by atomic mass is 10.0. The summed E-state index contributed by atoms with van der Waals surface area (Å²) < 4.78 is 31.7. The third kappa shape index (κ3) is 5.01. The van der Waals surface area contributed by atoms with Crippen LogP contribution >= 0.6 is 0 Å². The zero-order chi connectivity index (χ0) is 24.4. The molecule has 8 nitrogen and oxygen atoms in total. The summed E-state index contributed by atoms with van der Waals surface area (Å²) in [5.74, 6) is 0.642. The Morgan fingerprint density at radius 3 is 2.54 bits per heavy atom. The number of rotatable bonds is 7. The summed E-state index contributed by atoms with van der Waals surface area (Å²) in [5, 5.41) is 2.75. The molecule has 0 radical (unpaired) electrons. The van der Waals surface area contributed by atoms with Crippen molar-refractivity contribution in [3.05, 3.63) is 78.4 Å². The number of hydrogen-bond donors (Lipinski definition) is 1. The largest absolute Gasteiger partial charge is 0.453 e. The Morgan fingerprint density at radius 1 is 1.03 bits per heavy atom. The minimum absolute atomic E-state index is 0.323. The van der Waals surface area contributed by atoms with Crippen LogP contribution in [0.25, 0.3) is 33.3 Å². The number of hydrogen-bond acceptors (Lipinski definition) is 7. The van der Waals surface area contributed by atoms with E-state index in [1.807, 2.05) is 67.6 Å². The molecule has 1 aromatic heterocycles. The van der Waals surface area contributed by atoms with Crippen LogP contribution in [-0.2, 0) is 10.0 Å². The minimum Gasteiger partial charge on any atom is -0.453 e. The molecule has 1 N–H and O–H groups in total. The predicted octanol–water partition coefficient (Wildman–Crippen LogP) is 4.09. The Kier molecular flexibility index (Phi) is 6.19. The number of likely N-dealkylation sites (N-methyl/N-ethyl adjacent to an activating group) is 1. The SMILES string of the molecule is CCN(CCNS(C)(=O)=O)c1ccc2nc3c4ccccc4c(=Nc4ccncc4)cc-3oc2c1. The van der Waals surface area contributed by atoms with E-state index in [4.69, 9.17) is 14.4 Å². The van der Waals surface area contributed by atoms with Gasteiger partial charge in [0.1, 0.15) is 11.2 Å². The first-order chi connectivity index (χ1) is 16.9. The van der Waals surface area contributed by atoms with Crippen molar-refractivity contribution in [2.45, 2.75) is 6.92 Å². The van der Waals surface area contributed by atoms with E-state index >= 15 is 0 Å². The predicted molar refractivity (Wildman–Crippen MR) is 138 cm³/mol. The number of anilines is 1. The lowest BCUT2D eigenvalue weighted by molar-refractivity contribution is 0.587. The van der Waals surface area contributed by atoms with E-state index in [-0.39, 0.29) is 0 Å². The maximum Gasteiger partial charge on any atom is 0.208 e. The standard InChI is InChI=1S/C26H25N5O3S/c1-3-31(15-14-28-35(2,32)33)19-8-9-22-24(16-19)34-25-17-23(29-18-10-12-27-13-11-18)20-6-4-5-7-21(20)26(25)30-22/h4-13,16-17,28H,3,14-15H2,1-2H3. The first-order valence-electron chi connectivity index (χ1n) is 11.3. The summed E-state index contributed by atoms with van der Waals surface area (Å²) in [6, 6.07) is 19.5. The number of aromatic nitrogens is 2. The van der Waals surface area contributed by atoms with Crippen LogP contribution in [0.4, 0.5) is 11.4 Å². The second-order valence-electron chi connectivity index (χ2n) is 8.22. The Bertz CT molecular complexity index is 1650. The molecular weight excluding hydrogens is 462 g/mol. The maximum atomic E-state index is 11.4. The highest BCUT2D eigenvalue weighted by Gasteiger charge is 2.16. The Labute approximate surface area is 203 Å². The molecule has 178 valence electrons. The monoisotopic (exact) mass is 487 g/mol. The van der Waals surface area contributed by atoms with Crippen LogP contribution < -0.4 is 15.0 Å². The van der Waals surface area contributed by atoms with Gasteiger partial charge in [-0.1, -0.05) is 24.3 Å². The van der Waals surface area contributed by atoms with Crippen LogP contribution in [0.5, 0.6) is 0 Å². The molecule has 2 heterocycles. The molecule has 0 unspecified atom stereocenters. The molecule has 0 spiro atoms. The summed E-state index contributed by atoms with van der Waals surface area (Å²) in [5.41, 5.74) is 3.91. The summed E-state index contributed by atoms with van der Waals surface area (Å²) in [7, 11) is -3.23. The van der Waals surface area contributed by atoms with Crippen LogP contribution in [0.15, 0.2) is 82.5 Å². The van der Waals surface area contributed by atoms with E-state index in [0.29, 0.717) is 24.4 Å². The zero-order valence-corrected chi connectivity index (χ0v) is 20.3. The van der Waals surface area contributed by atoms with Crippen molar-refractivity contribution >= 4 is 43.3 Å². The van der Waals surface area contributed by atoms with Crippen molar-refractivity contribution in [1.82, 2.24) is 14.7 Å². The molecule has 5 rings (SSSR count). The van der Waals surface area contributed by atoms with Gasteiger partial charge in [-0.05, 0) is 31.2 Å². The average Bonchev–Trinajstić information content (AvgIpc) is 2.85.